The quantitative estimate of drug-likeness (QED) is 0.906. The Bertz CT molecular complexity index is 694. The van der Waals surface area contributed by atoms with Gasteiger partial charge in [-0.15, -0.1) is 0 Å². The summed E-state index contributed by atoms with van der Waals surface area (Å²) in [6, 6.07) is 14.8. The van der Waals surface area contributed by atoms with Crippen LogP contribution in [0, 0.1) is 5.82 Å². The molecule has 0 heterocycles. The lowest BCUT2D eigenvalue weighted by molar-refractivity contribution is 0.448. The molecule has 116 valence electrons. The lowest BCUT2D eigenvalue weighted by Crippen LogP contribution is -2.31. The van der Waals surface area contributed by atoms with E-state index in [9.17, 15) is 8.60 Å². The molecule has 0 bridgehead atoms. The fourth-order valence-corrected chi connectivity index (χ4v) is 3.39. The van der Waals surface area contributed by atoms with Gasteiger partial charge in [0.15, 0.2) is 0 Å². The van der Waals surface area contributed by atoms with Crippen molar-refractivity contribution in [2.24, 2.45) is 0 Å². The number of hydrogen-bond donors (Lipinski definition) is 1. The van der Waals surface area contributed by atoms with Crippen LogP contribution < -0.4 is 5.32 Å². The van der Waals surface area contributed by atoms with Crippen LogP contribution in [0.4, 0.5) is 4.39 Å². The molecule has 2 unspecified atom stereocenters. The Labute approximate surface area is 133 Å². The molecule has 0 spiro atoms. The maximum atomic E-state index is 13.4. The fourth-order valence-electron chi connectivity index (χ4n) is 2.87. The zero-order valence-electron chi connectivity index (χ0n) is 12.8. The Balaban J connectivity index is 1.76. The summed E-state index contributed by atoms with van der Waals surface area (Å²) in [4.78, 5) is 0.835. The van der Waals surface area contributed by atoms with Crippen LogP contribution in [0.3, 0.4) is 0 Å². The first-order valence-corrected chi connectivity index (χ1v) is 9.03. The van der Waals surface area contributed by atoms with E-state index in [1.807, 2.05) is 30.3 Å². The molecular weight excluding hydrogens is 297 g/mol. The average molecular weight is 317 g/mol. The van der Waals surface area contributed by atoms with Crippen molar-refractivity contribution >= 4 is 10.8 Å². The Kier molecular flexibility index (Phi) is 4.15. The van der Waals surface area contributed by atoms with Gasteiger partial charge in [-0.1, -0.05) is 24.3 Å². The minimum atomic E-state index is -0.952. The summed E-state index contributed by atoms with van der Waals surface area (Å²) in [5, 5.41) is 3.63. The second-order valence-corrected chi connectivity index (χ2v) is 7.36. The third kappa shape index (κ3) is 3.13. The molecule has 0 aromatic heterocycles. The van der Waals surface area contributed by atoms with Gasteiger partial charge in [0.05, 0.1) is 0 Å². The molecule has 0 saturated heterocycles. The van der Waals surface area contributed by atoms with Gasteiger partial charge in [0.2, 0.25) is 0 Å². The summed E-state index contributed by atoms with van der Waals surface area (Å²) >= 11 is 0. The maximum Gasteiger partial charge on any atom is 0.123 e. The highest BCUT2D eigenvalue weighted by Crippen LogP contribution is 2.47. The number of hydrogen-bond acceptors (Lipinski definition) is 2. The van der Waals surface area contributed by atoms with Crippen LogP contribution in [0.25, 0.3) is 0 Å². The summed E-state index contributed by atoms with van der Waals surface area (Å²) in [6.07, 6.45) is 3.73. The molecule has 1 aliphatic rings. The molecule has 1 saturated carbocycles. The Morgan fingerprint density at radius 3 is 2.41 bits per heavy atom. The van der Waals surface area contributed by atoms with E-state index in [2.05, 4.69) is 12.2 Å². The van der Waals surface area contributed by atoms with Crippen molar-refractivity contribution in [3.63, 3.8) is 0 Å². The van der Waals surface area contributed by atoms with Crippen molar-refractivity contribution in [1.82, 2.24) is 5.32 Å². The number of nitrogens with one attached hydrogen (secondary N) is 1. The molecule has 4 heteroatoms. The van der Waals surface area contributed by atoms with Gasteiger partial charge in [-0.05, 0) is 55.2 Å². The second-order valence-electron chi connectivity index (χ2n) is 5.98. The monoisotopic (exact) mass is 317 g/mol. The molecule has 1 fully saturated rings. The highest BCUT2D eigenvalue weighted by Gasteiger charge is 2.45. The smallest absolute Gasteiger partial charge is 0.123 e. The maximum absolute atomic E-state index is 13.4. The molecule has 0 aliphatic heterocycles. The summed E-state index contributed by atoms with van der Waals surface area (Å²) in [5.41, 5.74) is 2.07. The molecule has 0 radical (unpaired) electrons. The number of benzene rings is 2. The molecule has 22 heavy (non-hydrogen) atoms. The van der Waals surface area contributed by atoms with Crippen LogP contribution >= 0.6 is 0 Å². The van der Waals surface area contributed by atoms with Crippen molar-refractivity contribution in [3.8, 4) is 0 Å². The van der Waals surface area contributed by atoms with Crippen molar-refractivity contribution < 1.29 is 8.60 Å². The largest absolute Gasteiger partial charge is 0.301 e. The van der Waals surface area contributed by atoms with E-state index in [1.54, 1.807) is 18.4 Å². The van der Waals surface area contributed by atoms with Crippen LogP contribution in [-0.4, -0.2) is 10.5 Å². The van der Waals surface area contributed by atoms with E-state index in [0.717, 1.165) is 28.9 Å². The van der Waals surface area contributed by atoms with Gasteiger partial charge in [0, 0.05) is 33.5 Å². The van der Waals surface area contributed by atoms with E-state index in [-0.39, 0.29) is 17.4 Å². The van der Waals surface area contributed by atoms with Gasteiger partial charge in [-0.25, -0.2) is 4.39 Å². The third-order valence-electron chi connectivity index (χ3n) is 4.33. The van der Waals surface area contributed by atoms with Crippen LogP contribution in [0.5, 0.6) is 0 Å². The van der Waals surface area contributed by atoms with E-state index < -0.39 is 10.8 Å². The highest BCUT2D eigenvalue weighted by atomic mass is 32.2. The zero-order valence-corrected chi connectivity index (χ0v) is 13.6. The van der Waals surface area contributed by atoms with E-state index in [4.69, 9.17) is 0 Å². The molecule has 0 amide bonds. The molecule has 2 aromatic carbocycles. The molecular formula is C18H20FNOS. The van der Waals surface area contributed by atoms with E-state index in [0.29, 0.717) is 0 Å². The minimum absolute atomic E-state index is 0.103. The van der Waals surface area contributed by atoms with Crippen molar-refractivity contribution in [3.05, 3.63) is 65.5 Å². The lowest BCUT2D eigenvalue weighted by atomic mass is 10.0. The van der Waals surface area contributed by atoms with Crippen molar-refractivity contribution in [1.29, 1.82) is 0 Å². The minimum Gasteiger partial charge on any atom is -0.301 e. The molecule has 3 rings (SSSR count). The average Bonchev–Trinajstić information content (AvgIpc) is 3.28. The summed E-state index contributed by atoms with van der Waals surface area (Å²) < 4.78 is 24.9. The van der Waals surface area contributed by atoms with Crippen LogP contribution in [-0.2, 0) is 16.3 Å². The standard InChI is InChI=1S/C18H20FNOS/c1-13(14-6-8-17(9-7-14)22(2)21)20-18(10-11-18)15-4-3-5-16(19)12-15/h3-9,12-13,20H,10-11H2,1-2H3. The van der Waals surface area contributed by atoms with Gasteiger partial charge in [-0.3, -0.25) is 4.21 Å². The first-order chi connectivity index (χ1) is 10.5. The van der Waals surface area contributed by atoms with Crippen LogP contribution in [0.1, 0.15) is 36.9 Å². The van der Waals surface area contributed by atoms with Crippen molar-refractivity contribution in [2.45, 2.75) is 36.2 Å². The summed E-state index contributed by atoms with van der Waals surface area (Å²) in [6.45, 7) is 2.11. The normalized spacial score (nSPS) is 18.7. The lowest BCUT2D eigenvalue weighted by Gasteiger charge is -2.24. The van der Waals surface area contributed by atoms with Gasteiger partial charge in [0.25, 0.3) is 0 Å². The Hall–Kier alpha value is -1.52. The third-order valence-corrected chi connectivity index (χ3v) is 5.27. The first-order valence-electron chi connectivity index (χ1n) is 7.47. The Morgan fingerprint density at radius 1 is 1.18 bits per heavy atom. The molecule has 2 aromatic rings. The Morgan fingerprint density at radius 2 is 1.86 bits per heavy atom. The number of halogens is 1. The predicted octanol–water partition coefficient (Wildman–Crippen LogP) is 3.90. The SMILES string of the molecule is CC(NC1(c2cccc(F)c2)CC1)c1ccc(S(C)=O)cc1. The highest BCUT2D eigenvalue weighted by molar-refractivity contribution is 7.84. The van der Waals surface area contributed by atoms with E-state index >= 15 is 0 Å². The predicted molar refractivity (Wildman–Crippen MR) is 87.6 cm³/mol. The van der Waals surface area contributed by atoms with Crippen LogP contribution in [0.2, 0.25) is 0 Å². The van der Waals surface area contributed by atoms with Gasteiger partial charge in [-0.2, -0.15) is 0 Å². The van der Waals surface area contributed by atoms with E-state index in [1.165, 1.54) is 6.07 Å². The second kappa shape index (κ2) is 5.94. The molecule has 1 aliphatic carbocycles. The zero-order chi connectivity index (χ0) is 15.7. The van der Waals surface area contributed by atoms with Gasteiger partial charge in [0.1, 0.15) is 5.82 Å². The van der Waals surface area contributed by atoms with Crippen LogP contribution in [0.15, 0.2) is 53.4 Å². The number of rotatable bonds is 5. The molecule has 2 nitrogen and oxygen atoms in total. The molecule has 1 N–H and O–H groups in total. The fraction of sp³-hybridized carbons (Fsp3) is 0.333. The first kappa shape index (κ1) is 15.4. The van der Waals surface area contributed by atoms with Crippen molar-refractivity contribution in [2.75, 3.05) is 6.26 Å². The summed E-state index contributed by atoms with van der Waals surface area (Å²) in [7, 11) is -0.952. The topological polar surface area (TPSA) is 29.1 Å². The van der Waals surface area contributed by atoms with Gasteiger partial charge >= 0.3 is 0 Å². The summed E-state index contributed by atoms with van der Waals surface area (Å²) in [5.74, 6) is -0.187. The van der Waals surface area contributed by atoms with Gasteiger partial charge < -0.3 is 5.32 Å². The molecule has 2 atom stereocenters.